The minimum Gasteiger partial charge on any atom is -0.392 e. The molecule has 116 valence electrons. The summed E-state index contributed by atoms with van der Waals surface area (Å²) in [6, 6.07) is 15.2. The summed E-state index contributed by atoms with van der Waals surface area (Å²) in [5, 5.41) is 12.2. The van der Waals surface area contributed by atoms with Crippen LogP contribution in [-0.2, 0) is 19.7 Å². The highest BCUT2D eigenvalue weighted by atomic mass is 16.3. The number of hydrogen-bond donors (Lipinski definition) is 2. The van der Waals surface area contributed by atoms with Gasteiger partial charge in [0, 0.05) is 18.7 Å². The van der Waals surface area contributed by atoms with Crippen LogP contribution in [0.2, 0.25) is 0 Å². The van der Waals surface area contributed by atoms with Crippen molar-refractivity contribution in [3.8, 4) is 0 Å². The number of carbonyl (C=O) groups excluding carboxylic acids is 1. The maximum absolute atomic E-state index is 12.2. The van der Waals surface area contributed by atoms with E-state index in [2.05, 4.69) is 10.2 Å². The molecule has 0 heterocycles. The molecular formula is C18H22N2O2. The maximum atomic E-state index is 12.2. The third-order valence-electron chi connectivity index (χ3n) is 3.44. The van der Waals surface area contributed by atoms with Crippen LogP contribution in [0.1, 0.15) is 27.0 Å². The number of aliphatic hydroxyl groups is 1. The number of nitrogens with zero attached hydrogens (tertiary/aromatic N) is 1. The SMILES string of the molecule is CN(C)Cc1ccc(C(=O)NCc2ccccc2CO)cc1. The molecule has 4 nitrogen and oxygen atoms in total. The first-order valence-corrected chi connectivity index (χ1v) is 7.29. The van der Waals surface area contributed by atoms with Crippen molar-refractivity contribution in [2.75, 3.05) is 14.1 Å². The Hall–Kier alpha value is -2.17. The lowest BCUT2D eigenvalue weighted by Crippen LogP contribution is -2.23. The van der Waals surface area contributed by atoms with Crippen molar-refractivity contribution in [1.82, 2.24) is 10.2 Å². The summed E-state index contributed by atoms with van der Waals surface area (Å²) in [4.78, 5) is 14.3. The summed E-state index contributed by atoms with van der Waals surface area (Å²) < 4.78 is 0. The van der Waals surface area contributed by atoms with Crippen LogP contribution in [0.5, 0.6) is 0 Å². The van der Waals surface area contributed by atoms with E-state index in [1.165, 1.54) is 5.56 Å². The van der Waals surface area contributed by atoms with Crippen LogP contribution in [0.15, 0.2) is 48.5 Å². The van der Waals surface area contributed by atoms with Gasteiger partial charge in [0.05, 0.1) is 6.61 Å². The highest BCUT2D eigenvalue weighted by Crippen LogP contribution is 2.10. The summed E-state index contributed by atoms with van der Waals surface area (Å²) >= 11 is 0. The van der Waals surface area contributed by atoms with Crippen molar-refractivity contribution < 1.29 is 9.90 Å². The van der Waals surface area contributed by atoms with Crippen molar-refractivity contribution in [3.05, 3.63) is 70.8 Å². The molecule has 0 aliphatic heterocycles. The van der Waals surface area contributed by atoms with Crippen molar-refractivity contribution in [2.45, 2.75) is 19.7 Å². The first-order chi connectivity index (χ1) is 10.6. The Labute approximate surface area is 131 Å². The third kappa shape index (κ3) is 4.41. The molecule has 2 aromatic carbocycles. The normalized spacial score (nSPS) is 10.7. The first-order valence-electron chi connectivity index (χ1n) is 7.29. The second kappa shape index (κ2) is 7.73. The predicted octanol–water partition coefficient (Wildman–Crippen LogP) is 2.17. The molecule has 2 aromatic rings. The van der Waals surface area contributed by atoms with Crippen molar-refractivity contribution in [1.29, 1.82) is 0 Å². The van der Waals surface area contributed by atoms with E-state index in [-0.39, 0.29) is 12.5 Å². The highest BCUT2D eigenvalue weighted by molar-refractivity contribution is 5.94. The fourth-order valence-electron chi connectivity index (χ4n) is 2.29. The van der Waals surface area contributed by atoms with Gasteiger partial charge in [-0.2, -0.15) is 0 Å². The molecule has 4 heteroatoms. The fraction of sp³-hybridized carbons (Fsp3) is 0.278. The van der Waals surface area contributed by atoms with E-state index in [9.17, 15) is 9.90 Å². The molecule has 0 aliphatic carbocycles. The molecule has 22 heavy (non-hydrogen) atoms. The lowest BCUT2D eigenvalue weighted by atomic mass is 10.1. The summed E-state index contributed by atoms with van der Waals surface area (Å²) in [6.07, 6.45) is 0. The predicted molar refractivity (Wildman–Crippen MR) is 87.4 cm³/mol. The molecule has 0 atom stereocenters. The number of benzene rings is 2. The Kier molecular flexibility index (Phi) is 5.69. The van der Waals surface area contributed by atoms with Gasteiger partial charge in [-0.25, -0.2) is 0 Å². The summed E-state index contributed by atoms with van der Waals surface area (Å²) in [5.74, 6) is -0.107. The van der Waals surface area contributed by atoms with Crippen molar-refractivity contribution >= 4 is 5.91 Å². The lowest BCUT2D eigenvalue weighted by Gasteiger charge is -2.11. The van der Waals surface area contributed by atoms with Crippen LogP contribution in [-0.4, -0.2) is 30.0 Å². The molecule has 2 N–H and O–H groups in total. The minimum absolute atomic E-state index is 0.0225. The van der Waals surface area contributed by atoms with E-state index in [4.69, 9.17) is 0 Å². The quantitative estimate of drug-likeness (QED) is 0.859. The lowest BCUT2D eigenvalue weighted by molar-refractivity contribution is 0.0950. The molecule has 0 spiro atoms. The Morgan fingerprint density at radius 2 is 1.68 bits per heavy atom. The van der Waals surface area contributed by atoms with E-state index in [1.807, 2.05) is 62.6 Å². The van der Waals surface area contributed by atoms with Crippen LogP contribution in [0.25, 0.3) is 0 Å². The number of carbonyl (C=O) groups is 1. The second-order valence-electron chi connectivity index (χ2n) is 5.54. The number of hydrogen-bond acceptors (Lipinski definition) is 3. The van der Waals surface area contributed by atoms with Gasteiger partial charge in [-0.1, -0.05) is 36.4 Å². The van der Waals surface area contributed by atoms with E-state index in [1.54, 1.807) is 0 Å². The topological polar surface area (TPSA) is 52.6 Å². The number of amides is 1. The average Bonchev–Trinajstić information content (AvgIpc) is 2.53. The van der Waals surface area contributed by atoms with E-state index in [0.29, 0.717) is 12.1 Å². The van der Waals surface area contributed by atoms with Gasteiger partial charge in [-0.3, -0.25) is 4.79 Å². The molecule has 0 unspecified atom stereocenters. The van der Waals surface area contributed by atoms with Crippen LogP contribution in [0.4, 0.5) is 0 Å². The van der Waals surface area contributed by atoms with Gasteiger partial charge < -0.3 is 15.3 Å². The molecule has 2 rings (SSSR count). The molecule has 0 radical (unpaired) electrons. The molecule has 0 aliphatic rings. The number of rotatable bonds is 6. The van der Waals surface area contributed by atoms with Crippen LogP contribution >= 0.6 is 0 Å². The molecule has 0 saturated heterocycles. The smallest absolute Gasteiger partial charge is 0.251 e. The molecule has 0 saturated carbocycles. The summed E-state index contributed by atoms with van der Waals surface area (Å²) in [7, 11) is 4.03. The Morgan fingerprint density at radius 1 is 1.05 bits per heavy atom. The zero-order valence-corrected chi connectivity index (χ0v) is 13.0. The average molecular weight is 298 g/mol. The van der Waals surface area contributed by atoms with Crippen molar-refractivity contribution in [3.63, 3.8) is 0 Å². The van der Waals surface area contributed by atoms with Crippen LogP contribution < -0.4 is 5.32 Å². The van der Waals surface area contributed by atoms with Gasteiger partial charge >= 0.3 is 0 Å². The first kappa shape index (κ1) is 16.2. The summed E-state index contributed by atoms with van der Waals surface area (Å²) in [6.45, 7) is 1.24. The highest BCUT2D eigenvalue weighted by Gasteiger charge is 2.07. The fourth-order valence-corrected chi connectivity index (χ4v) is 2.29. The standard InChI is InChI=1S/C18H22N2O2/c1-20(2)12-14-7-9-15(10-8-14)18(22)19-11-16-5-3-4-6-17(16)13-21/h3-10,21H,11-13H2,1-2H3,(H,19,22). The van der Waals surface area contributed by atoms with E-state index in [0.717, 1.165) is 17.7 Å². The van der Waals surface area contributed by atoms with Gasteiger partial charge in [0.2, 0.25) is 0 Å². The number of aliphatic hydroxyl groups excluding tert-OH is 1. The van der Waals surface area contributed by atoms with Gasteiger partial charge in [-0.05, 0) is 42.9 Å². The Morgan fingerprint density at radius 3 is 2.27 bits per heavy atom. The van der Waals surface area contributed by atoms with Crippen molar-refractivity contribution in [2.24, 2.45) is 0 Å². The molecule has 1 amide bonds. The molecular weight excluding hydrogens is 276 g/mol. The second-order valence-corrected chi connectivity index (χ2v) is 5.54. The largest absolute Gasteiger partial charge is 0.392 e. The Balaban J connectivity index is 1.97. The van der Waals surface area contributed by atoms with Crippen LogP contribution in [0, 0.1) is 0 Å². The Bertz CT molecular complexity index is 621. The van der Waals surface area contributed by atoms with Gasteiger partial charge in [0.15, 0.2) is 0 Å². The van der Waals surface area contributed by atoms with Crippen LogP contribution in [0.3, 0.4) is 0 Å². The molecule has 0 aromatic heterocycles. The van der Waals surface area contributed by atoms with Gasteiger partial charge in [0.1, 0.15) is 0 Å². The molecule has 0 bridgehead atoms. The monoisotopic (exact) mass is 298 g/mol. The zero-order valence-electron chi connectivity index (χ0n) is 13.0. The third-order valence-corrected chi connectivity index (χ3v) is 3.44. The van der Waals surface area contributed by atoms with E-state index >= 15 is 0 Å². The zero-order chi connectivity index (χ0) is 15.9. The minimum atomic E-state index is -0.107. The maximum Gasteiger partial charge on any atom is 0.251 e. The van der Waals surface area contributed by atoms with Gasteiger partial charge in [-0.15, -0.1) is 0 Å². The number of nitrogens with one attached hydrogen (secondary N) is 1. The van der Waals surface area contributed by atoms with Gasteiger partial charge in [0.25, 0.3) is 5.91 Å². The van der Waals surface area contributed by atoms with E-state index < -0.39 is 0 Å². The molecule has 0 fully saturated rings. The summed E-state index contributed by atoms with van der Waals surface area (Å²) in [5.41, 5.74) is 3.59.